The Morgan fingerprint density at radius 1 is 1.17 bits per heavy atom. The van der Waals surface area contributed by atoms with E-state index >= 15 is 0 Å². The van der Waals surface area contributed by atoms with Crippen LogP contribution in [-0.2, 0) is 6.18 Å². The molecule has 0 aliphatic rings. The Hall–Kier alpha value is -2.61. The highest BCUT2D eigenvalue weighted by Crippen LogP contribution is 2.31. The lowest BCUT2D eigenvalue weighted by atomic mass is 10.1. The molecule has 0 saturated heterocycles. The number of nitrogens with one attached hydrogen (secondary N) is 1. The Labute approximate surface area is 138 Å². The molecule has 3 aromatic rings. The fourth-order valence-electron chi connectivity index (χ4n) is 2.30. The second-order valence-electron chi connectivity index (χ2n) is 4.85. The van der Waals surface area contributed by atoms with E-state index in [4.69, 9.17) is 11.6 Å². The van der Waals surface area contributed by atoms with E-state index in [9.17, 15) is 18.0 Å². The summed E-state index contributed by atoms with van der Waals surface area (Å²) >= 11 is 6.09. The van der Waals surface area contributed by atoms with Crippen LogP contribution in [-0.4, -0.2) is 21.4 Å². The minimum Gasteiger partial charge on any atom is -0.358 e. The zero-order valence-corrected chi connectivity index (χ0v) is 13.0. The Bertz CT molecular complexity index is 985. The molecule has 9 heteroatoms. The number of halogens is 4. The molecule has 1 N–H and O–H groups in total. The van der Waals surface area contributed by atoms with Gasteiger partial charge in [0.2, 0.25) is 5.95 Å². The zero-order chi connectivity index (χ0) is 17.5. The average Bonchev–Trinajstić information content (AvgIpc) is 2.54. The minimum atomic E-state index is -4.64. The number of alkyl halides is 3. The molecule has 2 heterocycles. The fraction of sp³-hybridized carbons (Fsp3) is 0.133. The van der Waals surface area contributed by atoms with Gasteiger partial charge >= 0.3 is 6.18 Å². The first-order valence-corrected chi connectivity index (χ1v) is 7.14. The Kier molecular flexibility index (Phi) is 3.92. The third-order valence-electron chi connectivity index (χ3n) is 3.37. The van der Waals surface area contributed by atoms with Crippen LogP contribution in [0.2, 0.25) is 5.02 Å². The molecular weight excluding hydrogens is 345 g/mol. The number of aromatic nitrogens is 3. The zero-order valence-electron chi connectivity index (χ0n) is 12.2. The van der Waals surface area contributed by atoms with Gasteiger partial charge in [-0.1, -0.05) is 29.8 Å². The van der Waals surface area contributed by atoms with Crippen LogP contribution in [0.15, 0.2) is 41.3 Å². The highest BCUT2D eigenvalue weighted by atomic mass is 35.5. The molecule has 0 amide bonds. The summed E-state index contributed by atoms with van der Waals surface area (Å²) in [6.07, 6.45) is -3.48. The van der Waals surface area contributed by atoms with Gasteiger partial charge in [-0.05, 0) is 12.1 Å². The van der Waals surface area contributed by atoms with E-state index in [-0.39, 0.29) is 27.7 Å². The van der Waals surface area contributed by atoms with Crippen molar-refractivity contribution in [3.8, 4) is 11.1 Å². The van der Waals surface area contributed by atoms with Gasteiger partial charge in [-0.15, -0.1) is 0 Å². The molecule has 0 radical (unpaired) electrons. The summed E-state index contributed by atoms with van der Waals surface area (Å²) in [6, 6.07) is 7.15. The normalized spacial score (nSPS) is 11.7. The largest absolute Gasteiger partial charge is 0.433 e. The highest BCUT2D eigenvalue weighted by molar-refractivity contribution is 6.33. The second-order valence-corrected chi connectivity index (χ2v) is 5.26. The van der Waals surface area contributed by atoms with Crippen molar-refractivity contribution in [2.45, 2.75) is 6.18 Å². The number of nitrogens with zero attached hydrogens (tertiary/aromatic N) is 3. The Morgan fingerprint density at radius 3 is 2.50 bits per heavy atom. The van der Waals surface area contributed by atoms with Gasteiger partial charge in [-0.3, -0.25) is 9.20 Å². The van der Waals surface area contributed by atoms with Crippen LogP contribution in [0.25, 0.3) is 16.8 Å². The molecule has 0 aliphatic heterocycles. The third kappa shape index (κ3) is 2.69. The molecular formula is C15H10ClF3N4O. The summed E-state index contributed by atoms with van der Waals surface area (Å²) in [7, 11) is 1.50. The standard InChI is InChI=1S/C15H10ClF3N4O/c1-20-14-22-13(24)11(8-4-2-3-5-9(8)16)12-21-10(15(17,18)19)6-7-23(12)14/h2-7H,1H3,(H,20,22,24). The molecule has 1 aromatic carbocycles. The summed E-state index contributed by atoms with van der Waals surface area (Å²) in [6.45, 7) is 0. The van der Waals surface area contributed by atoms with E-state index in [1.807, 2.05) is 0 Å². The van der Waals surface area contributed by atoms with E-state index < -0.39 is 17.4 Å². The minimum absolute atomic E-state index is 0.0760. The first-order chi connectivity index (χ1) is 11.3. The lowest BCUT2D eigenvalue weighted by Gasteiger charge is -2.13. The maximum Gasteiger partial charge on any atom is 0.433 e. The van der Waals surface area contributed by atoms with Gasteiger partial charge in [-0.2, -0.15) is 18.2 Å². The van der Waals surface area contributed by atoms with Crippen molar-refractivity contribution in [1.82, 2.24) is 14.4 Å². The summed E-state index contributed by atoms with van der Waals surface area (Å²) in [4.78, 5) is 19.9. The SMILES string of the molecule is CNc1nc(=O)c(-c2ccccc2Cl)c2nc(C(F)(F)F)ccn12. The molecule has 0 unspecified atom stereocenters. The van der Waals surface area contributed by atoms with Gasteiger partial charge in [0.05, 0.1) is 5.56 Å². The maximum absolute atomic E-state index is 13.0. The van der Waals surface area contributed by atoms with Crippen LogP contribution in [0.5, 0.6) is 0 Å². The topological polar surface area (TPSA) is 59.3 Å². The van der Waals surface area contributed by atoms with Crippen molar-refractivity contribution >= 4 is 23.2 Å². The van der Waals surface area contributed by atoms with Crippen LogP contribution in [0.4, 0.5) is 19.1 Å². The molecule has 0 saturated carbocycles. The number of rotatable bonds is 2. The van der Waals surface area contributed by atoms with Crippen molar-refractivity contribution < 1.29 is 13.2 Å². The third-order valence-corrected chi connectivity index (χ3v) is 3.70. The number of anilines is 1. The van der Waals surface area contributed by atoms with Gasteiger partial charge < -0.3 is 5.32 Å². The summed E-state index contributed by atoms with van der Waals surface area (Å²) < 4.78 is 40.3. The number of benzene rings is 1. The van der Waals surface area contributed by atoms with E-state index in [0.717, 1.165) is 12.3 Å². The lowest BCUT2D eigenvalue weighted by molar-refractivity contribution is -0.141. The van der Waals surface area contributed by atoms with E-state index in [1.54, 1.807) is 12.1 Å². The van der Waals surface area contributed by atoms with E-state index in [1.165, 1.54) is 23.6 Å². The first kappa shape index (κ1) is 16.3. The van der Waals surface area contributed by atoms with Crippen molar-refractivity contribution in [2.75, 3.05) is 12.4 Å². The predicted molar refractivity (Wildman–Crippen MR) is 84.3 cm³/mol. The highest BCUT2D eigenvalue weighted by Gasteiger charge is 2.33. The Balaban J connectivity index is 2.46. The maximum atomic E-state index is 13.0. The van der Waals surface area contributed by atoms with Gasteiger partial charge in [0.25, 0.3) is 5.56 Å². The van der Waals surface area contributed by atoms with Crippen LogP contribution >= 0.6 is 11.6 Å². The summed E-state index contributed by atoms with van der Waals surface area (Å²) in [5.74, 6) is 0.0760. The number of hydrogen-bond acceptors (Lipinski definition) is 4. The fourth-order valence-corrected chi connectivity index (χ4v) is 2.53. The summed E-state index contributed by atoms with van der Waals surface area (Å²) in [5.41, 5.74) is -1.83. The molecule has 0 spiro atoms. The molecule has 0 atom stereocenters. The Morgan fingerprint density at radius 2 is 1.88 bits per heavy atom. The molecule has 0 fully saturated rings. The second kappa shape index (κ2) is 5.79. The lowest BCUT2D eigenvalue weighted by Crippen LogP contribution is -2.19. The predicted octanol–water partition coefficient (Wildman–Crippen LogP) is 3.47. The monoisotopic (exact) mass is 354 g/mol. The van der Waals surface area contributed by atoms with Crippen molar-refractivity contribution in [3.05, 3.63) is 57.6 Å². The average molecular weight is 355 g/mol. The van der Waals surface area contributed by atoms with E-state index in [2.05, 4.69) is 15.3 Å². The molecule has 124 valence electrons. The smallest absolute Gasteiger partial charge is 0.358 e. The van der Waals surface area contributed by atoms with Gasteiger partial charge in [-0.25, -0.2) is 4.98 Å². The molecule has 0 bridgehead atoms. The quantitative estimate of drug-likeness (QED) is 0.765. The van der Waals surface area contributed by atoms with E-state index in [0.29, 0.717) is 0 Å². The van der Waals surface area contributed by atoms with Crippen LogP contribution in [0.3, 0.4) is 0 Å². The van der Waals surface area contributed by atoms with Crippen molar-refractivity contribution in [1.29, 1.82) is 0 Å². The van der Waals surface area contributed by atoms with Crippen LogP contribution < -0.4 is 10.9 Å². The molecule has 0 aliphatic carbocycles. The van der Waals surface area contributed by atoms with Crippen molar-refractivity contribution in [3.63, 3.8) is 0 Å². The molecule has 5 nitrogen and oxygen atoms in total. The molecule has 3 rings (SSSR count). The first-order valence-electron chi connectivity index (χ1n) is 6.76. The molecule has 24 heavy (non-hydrogen) atoms. The van der Waals surface area contributed by atoms with Crippen LogP contribution in [0, 0.1) is 0 Å². The van der Waals surface area contributed by atoms with Gasteiger partial charge in [0.1, 0.15) is 5.69 Å². The summed E-state index contributed by atoms with van der Waals surface area (Å²) in [5, 5.41) is 2.88. The van der Waals surface area contributed by atoms with Gasteiger partial charge in [0.15, 0.2) is 5.65 Å². The van der Waals surface area contributed by atoms with Crippen LogP contribution in [0.1, 0.15) is 5.69 Å². The molecule has 2 aromatic heterocycles. The van der Waals surface area contributed by atoms with Gasteiger partial charge in [0, 0.05) is 23.8 Å². The van der Waals surface area contributed by atoms with Crippen molar-refractivity contribution in [2.24, 2.45) is 0 Å². The number of fused-ring (bicyclic) bond motifs is 1. The number of hydrogen-bond donors (Lipinski definition) is 1.